The maximum absolute atomic E-state index is 12.4. The number of amides is 1. The maximum atomic E-state index is 12.4. The molecule has 0 spiro atoms. The van der Waals surface area contributed by atoms with Crippen LogP contribution in [0.2, 0.25) is 0 Å². The zero-order valence-corrected chi connectivity index (χ0v) is 15.9. The molecular weight excluding hydrogens is 302 g/mol. The fourth-order valence-electron chi connectivity index (χ4n) is 3.37. The summed E-state index contributed by atoms with van der Waals surface area (Å²) in [4.78, 5) is 17.4. The Morgan fingerprint density at radius 1 is 1.21 bits per heavy atom. The third-order valence-electron chi connectivity index (χ3n) is 4.90. The number of hydrogen-bond acceptors (Lipinski definition) is 4. The lowest BCUT2D eigenvalue weighted by Gasteiger charge is -2.35. The van der Waals surface area contributed by atoms with E-state index >= 15 is 0 Å². The van der Waals surface area contributed by atoms with Gasteiger partial charge in [0.2, 0.25) is 5.91 Å². The minimum Gasteiger partial charge on any atom is -0.354 e. The molecule has 1 aromatic heterocycles. The molecular formula is C18H33N5O. The van der Waals surface area contributed by atoms with Crippen molar-refractivity contribution in [1.29, 1.82) is 0 Å². The number of piperazine rings is 1. The molecule has 1 saturated heterocycles. The van der Waals surface area contributed by atoms with Gasteiger partial charge in [0.25, 0.3) is 0 Å². The van der Waals surface area contributed by atoms with Crippen LogP contribution in [0.5, 0.6) is 0 Å². The monoisotopic (exact) mass is 335 g/mol. The summed E-state index contributed by atoms with van der Waals surface area (Å²) in [5, 5.41) is 7.50. The predicted molar refractivity (Wildman–Crippen MR) is 97.1 cm³/mol. The highest BCUT2D eigenvalue weighted by Gasteiger charge is 2.20. The van der Waals surface area contributed by atoms with Crippen molar-refractivity contribution in [2.45, 2.75) is 40.7 Å². The molecule has 1 aliphatic heterocycles. The molecule has 6 heteroatoms. The molecule has 1 fully saturated rings. The van der Waals surface area contributed by atoms with E-state index in [1.165, 1.54) is 0 Å². The molecule has 24 heavy (non-hydrogen) atoms. The van der Waals surface area contributed by atoms with Crippen LogP contribution in [-0.4, -0.2) is 71.3 Å². The molecule has 1 N–H and O–H groups in total. The van der Waals surface area contributed by atoms with Crippen LogP contribution in [0.3, 0.4) is 0 Å². The molecule has 6 nitrogen and oxygen atoms in total. The molecule has 1 aromatic rings. The zero-order chi connectivity index (χ0) is 17.7. The zero-order valence-electron chi connectivity index (χ0n) is 15.9. The van der Waals surface area contributed by atoms with Crippen LogP contribution in [0, 0.1) is 19.8 Å². The summed E-state index contributed by atoms with van der Waals surface area (Å²) < 4.78 is 1.80. The molecule has 2 atom stereocenters. The Morgan fingerprint density at radius 2 is 1.83 bits per heavy atom. The van der Waals surface area contributed by atoms with Crippen molar-refractivity contribution in [1.82, 2.24) is 24.9 Å². The number of nitrogens with zero attached hydrogens (tertiary/aromatic N) is 4. The summed E-state index contributed by atoms with van der Waals surface area (Å²) in [5.41, 5.74) is 1.98. The summed E-state index contributed by atoms with van der Waals surface area (Å²) in [7, 11) is 0. The second-order valence-corrected chi connectivity index (χ2v) is 7.13. The van der Waals surface area contributed by atoms with Gasteiger partial charge >= 0.3 is 0 Å². The molecule has 2 heterocycles. The van der Waals surface area contributed by atoms with Crippen LogP contribution in [0.25, 0.3) is 0 Å². The molecule has 2 unspecified atom stereocenters. The van der Waals surface area contributed by atoms with Gasteiger partial charge in [0.1, 0.15) is 6.04 Å². The van der Waals surface area contributed by atoms with E-state index in [0.717, 1.165) is 57.2 Å². The van der Waals surface area contributed by atoms with Crippen LogP contribution in [-0.2, 0) is 4.79 Å². The molecule has 1 amide bonds. The normalized spacial score (nSPS) is 19.2. The van der Waals surface area contributed by atoms with Crippen molar-refractivity contribution in [3.63, 3.8) is 0 Å². The largest absolute Gasteiger partial charge is 0.354 e. The van der Waals surface area contributed by atoms with E-state index < -0.39 is 0 Å². The first-order chi connectivity index (χ1) is 11.4. The topological polar surface area (TPSA) is 53.4 Å². The van der Waals surface area contributed by atoms with Crippen molar-refractivity contribution in [2.24, 2.45) is 5.92 Å². The van der Waals surface area contributed by atoms with Crippen molar-refractivity contribution >= 4 is 5.91 Å². The quantitative estimate of drug-likeness (QED) is 0.819. The third kappa shape index (κ3) is 5.05. The number of likely N-dealkylation sites (N-methyl/N-ethyl adjacent to an activating group) is 1. The van der Waals surface area contributed by atoms with Crippen LogP contribution < -0.4 is 5.32 Å². The number of aryl methyl sites for hydroxylation is 2. The molecule has 0 aliphatic carbocycles. The van der Waals surface area contributed by atoms with E-state index in [2.05, 4.69) is 34.1 Å². The van der Waals surface area contributed by atoms with Gasteiger partial charge in [-0.05, 0) is 39.3 Å². The smallest absolute Gasteiger partial charge is 0.244 e. The minimum absolute atomic E-state index is 0.0452. The van der Waals surface area contributed by atoms with Crippen LogP contribution >= 0.6 is 0 Å². The van der Waals surface area contributed by atoms with Crippen molar-refractivity contribution in [3.8, 4) is 0 Å². The van der Waals surface area contributed by atoms with Gasteiger partial charge in [0, 0.05) is 45.0 Å². The first kappa shape index (κ1) is 18.9. The van der Waals surface area contributed by atoms with Crippen molar-refractivity contribution in [3.05, 3.63) is 17.5 Å². The lowest BCUT2D eigenvalue weighted by Crippen LogP contribution is -2.48. The first-order valence-electron chi connectivity index (χ1n) is 9.15. The van der Waals surface area contributed by atoms with Crippen molar-refractivity contribution < 1.29 is 4.79 Å². The number of nitrogens with one attached hydrogen (secondary N) is 1. The maximum Gasteiger partial charge on any atom is 0.244 e. The van der Waals surface area contributed by atoms with Gasteiger partial charge in [-0.15, -0.1) is 0 Å². The molecule has 0 aromatic carbocycles. The minimum atomic E-state index is -0.265. The van der Waals surface area contributed by atoms with Gasteiger partial charge in [-0.2, -0.15) is 5.10 Å². The van der Waals surface area contributed by atoms with Crippen LogP contribution in [0.1, 0.15) is 38.2 Å². The third-order valence-corrected chi connectivity index (χ3v) is 4.90. The number of carbonyl (C=O) groups excluding carboxylic acids is 1. The lowest BCUT2D eigenvalue weighted by atomic mass is 10.1. The van der Waals surface area contributed by atoms with Crippen molar-refractivity contribution in [2.75, 3.05) is 45.8 Å². The molecule has 136 valence electrons. The second kappa shape index (κ2) is 8.62. The Labute approximate surface area is 146 Å². The summed E-state index contributed by atoms with van der Waals surface area (Å²) >= 11 is 0. The van der Waals surface area contributed by atoms with Crippen LogP contribution in [0.4, 0.5) is 0 Å². The fourth-order valence-corrected chi connectivity index (χ4v) is 3.37. The molecule has 0 saturated carbocycles. The van der Waals surface area contributed by atoms with E-state index in [4.69, 9.17) is 0 Å². The standard InChI is InChI=1S/C18H33N5O/c1-6-21-7-9-22(10-8-21)13-14(2)12-19-18(24)17(5)23-16(4)11-15(3)20-23/h11,14,17H,6-10,12-13H2,1-5H3,(H,19,24). The Morgan fingerprint density at radius 3 is 2.38 bits per heavy atom. The van der Waals surface area contributed by atoms with Gasteiger partial charge in [-0.3, -0.25) is 9.48 Å². The van der Waals surface area contributed by atoms with Gasteiger partial charge in [-0.1, -0.05) is 13.8 Å². The average Bonchev–Trinajstić information content (AvgIpc) is 2.91. The van der Waals surface area contributed by atoms with E-state index in [1.54, 1.807) is 4.68 Å². The van der Waals surface area contributed by atoms with E-state index in [9.17, 15) is 4.79 Å². The SMILES string of the molecule is CCN1CCN(CC(C)CNC(=O)C(C)n2nc(C)cc2C)CC1. The fraction of sp³-hybridized carbons (Fsp3) is 0.778. The van der Waals surface area contributed by atoms with Gasteiger partial charge < -0.3 is 15.1 Å². The summed E-state index contributed by atoms with van der Waals surface area (Å²) in [5.74, 6) is 0.499. The van der Waals surface area contributed by atoms with Gasteiger partial charge in [-0.25, -0.2) is 0 Å². The van der Waals surface area contributed by atoms with Gasteiger partial charge in [0.15, 0.2) is 0 Å². The Balaban J connectivity index is 1.74. The van der Waals surface area contributed by atoms with Gasteiger partial charge in [0.05, 0.1) is 5.69 Å². The molecule has 0 bridgehead atoms. The highest BCUT2D eigenvalue weighted by molar-refractivity contribution is 5.79. The number of aromatic nitrogens is 2. The number of carbonyl (C=O) groups is 1. The predicted octanol–water partition coefficient (Wildman–Crippen LogP) is 1.45. The molecule has 2 rings (SSSR count). The first-order valence-corrected chi connectivity index (χ1v) is 9.15. The van der Waals surface area contributed by atoms with E-state index in [-0.39, 0.29) is 11.9 Å². The Hall–Kier alpha value is -1.40. The van der Waals surface area contributed by atoms with E-state index in [0.29, 0.717) is 5.92 Å². The summed E-state index contributed by atoms with van der Waals surface area (Å²) in [6.07, 6.45) is 0. The number of hydrogen-bond donors (Lipinski definition) is 1. The molecule has 0 radical (unpaired) electrons. The summed E-state index contributed by atoms with van der Waals surface area (Å²) in [6, 6.07) is 1.74. The lowest BCUT2D eigenvalue weighted by molar-refractivity contribution is -0.124. The highest BCUT2D eigenvalue weighted by atomic mass is 16.2. The average molecular weight is 335 g/mol. The number of rotatable bonds is 7. The molecule has 1 aliphatic rings. The van der Waals surface area contributed by atoms with E-state index in [1.807, 2.05) is 26.8 Å². The second-order valence-electron chi connectivity index (χ2n) is 7.13. The Kier molecular flexibility index (Phi) is 6.80. The highest BCUT2D eigenvalue weighted by Crippen LogP contribution is 2.11. The summed E-state index contributed by atoms with van der Waals surface area (Å²) in [6.45, 7) is 17.8. The van der Waals surface area contributed by atoms with Crippen LogP contribution in [0.15, 0.2) is 6.07 Å². The Bertz CT molecular complexity index is 534.